The normalized spacial score (nSPS) is 11.9. The second-order valence-corrected chi connectivity index (χ2v) is 3.69. The van der Waals surface area contributed by atoms with E-state index in [4.69, 9.17) is 4.74 Å². The molecule has 0 spiro atoms. The summed E-state index contributed by atoms with van der Waals surface area (Å²) in [6.45, 7) is 8.71. The van der Waals surface area contributed by atoms with Crippen LogP contribution in [-0.2, 0) is 9.53 Å². The largest absolute Gasteiger partial charge is 0.463 e. The molecule has 0 atom stereocenters. The molecule has 0 aromatic heterocycles. The van der Waals surface area contributed by atoms with Gasteiger partial charge in [0.05, 0.1) is 6.61 Å². The van der Waals surface area contributed by atoms with Crippen LogP contribution in [-0.4, -0.2) is 12.6 Å². The van der Waals surface area contributed by atoms with Crippen LogP contribution in [0.1, 0.15) is 40.5 Å². The van der Waals surface area contributed by atoms with Gasteiger partial charge in [-0.2, -0.15) is 0 Å². The topological polar surface area (TPSA) is 26.3 Å². The average Bonchev–Trinajstić information content (AvgIpc) is 2.03. The molecule has 0 aliphatic rings. The summed E-state index contributed by atoms with van der Waals surface area (Å²) in [4.78, 5) is 11.1. The predicted octanol–water partition coefficient (Wildman–Crippen LogP) is 2.93. The zero-order chi connectivity index (χ0) is 10.3. The minimum Gasteiger partial charge on any atom is -0.463 e. The Bertz CT molecular complexity index is 181. The first-order valence-electron chi connectivity index (χ1n) is 4.90. The van der Waals surface area contributed by atoms with Gasteiger partial charge in [-0.25, -0.2) is 4.79 Å². The zero-order valence-electron chi connectivity index (χ0n) is 9.09. The number of carbonyl (C=O) groups excluding carboxylic acids is 1. The van der Waals surface area contributed by atoms with Crippen molar-refractivity contribution in [3.05, 3.63) is 11.6 Å². The van der Waals surface area contributed by atoms with Gasteiger partial charge in [-0.05, 0) is 25.7 Å². The number of hydrogen-bond acceptors (Lipinski definition) is 2. The highest BCUT2D eigenvalue weighted by molar-refractivity contribution is 5.82. The molecule has 0 fully saturated rings. The standard InChI is InChI=1S/C11H20O2/c1-5-10(4)8-11(12)13-7-6-9(2)3/h8-9H,5-7H2,1-4H3. The van der Waals surface area contributed by atoms with Crippen molar-refractivity contribution in [2.45, 2.75) is 40.5 Å². The summed E-state index contributed by atoms with van der Waals surface area (Å²) in [5.74, 6) is 0.379. The van der Waals surface area contributed by atoms with Gasteiger partial charge in [-0.3, -0.25) is 0 Å². The number of allylic oxidation sites excluding steroid dienone is 1. The van der Waals surface area contributed by atoms with Crippen LogP contribution in [0, 0.1) is 5.92 Å². The van der Waals surface area contributed by atoms with E-state index < -0.39 is 0 Å². The molecule has 0 N–H and O–H groups in total. The van der Waals surface area contributed by atoms with Crippen molar-refractivity contribution < 1.29 is 9.53 Å². The fourth-order valence-corrected chi connectivity index (χ4v) is 0.740. The molecule has 76 valence electrons. The Morgan fingerprint density at radius 1 is 1.46 bits per heavy atom. The molecular weight excluding hydrogens is 164 g/mol. The van der Waals surface area contributed by atoms with Gasteiger partial charge in [0.2, 0.25) is 0 Å². The minimum atomic E-state index is -0.208. The van der Waals surface area contributed by atoms with Crippen molar-refractivity contribution in [3.8, 4) is 0 Å². The molecule has 0 aromatic rings. The van der Waals surface area contributed by atoms with E-state index in [0.29, 0.717) is 12.5 Å². The number of hydrogen-bond donors (Lipinski definition) is 0. The third-order valence-electron chi connectivity index (χ3n) is 1.86. The van der Waals surface area contributed by atoms with Gasteiger partial charge in [0.15, 0.2) is 0 Å². The van der Waals surface area contributed by atoms with Gasteiger partial charge < -0.3 is 4.74 Å². The van der Waals surface area contributed by atoms with Gasteiger partial charge in [0, 0.05) is 6.08 Å². The van der Waals surface area contributed by atoms with Crippen LogP contribution < -0.4 is 0 Å². The third kappa shape index (κ3) is 7.57. The average molecular weight is 184 g/mol. The Balaban J connectivity index is 3.64. The number of carbonyl (C=O) groups is 1. The van der Waals surface area contributed by atoms with Gasteiger partial charge in [0.25, 0.3) is 0 Å². The van der Waals surface area contributed by atoms with Gasteiger partial charge in [-0.1, -0.05) is 26.3 Å². The second-order valence-electron chi connectivity index (χ2n) is 3.69. The van der Waals surface area contributed by atoms with E-state index in [2.05, 4.69) is 13.8 Å². The number of ether oxygens (including phenoxy) is 1. The maximum Gasteiger partial charge on any atom is 0.330 e. The molecular formula is C11H20O2. The van der Waals surface area contributed by atoms with E-state index in [-0.39, 0.29) is 5.97 Å². The van der Waals surface area contributed by atoms with Crippen molar-refractivity contribution in [2.24, 2.45) is 5.92 Å². The molecule has 0 aromatic carbocycles. The summed E-state index contributed by atoms with van der Waals surface area (Å²) in [6, 6.07) is 0. The second kappa shape index (κ2) is 6.70. The molecule has 0 bridgehead atoms. The van der Waals surface area contributed by atoms with Crippen molar-refractivity contribution in [3.63, 3.8) is 0 Å². The van der Waals surface area contributed by atoms with Crippen LogP contribution in [0.25, 0.3) is 0 Å². The summed E-state index contributed by atoms with van der Waals surface area (Å²) in [6.07, 6.45) is 3.41. The Kier molecular flexibility index (Phi) is 6.29. The quantitative estimate of drug-likeness (QED) is 0.485. The number of rotatable bonds is 5. The van der Waals surface area contributed by atoms with Crippen molar-refractivity contribution in [1.82, 2.24) is 0 Å². The van der Waals surface area contributed by atoms with Gasteiger partial charge in [-0.15, -0.1) is 0 Å². The van der Waals surface area contributed by atoms with E-state index in [1.807, 2.05) is 13.8 Å². The number of esters is 1. The Morgan fingerprint density at radius 2 is 2.08 bits per heavy atom. The molecule has 2 heteroatoms. The summed E-state index contributed by atoms with van der Waals surface area (Å²) in [7, 11) is 0. The molecule has 0 rings (SSSR count). The Labute approximate surface area is 81.0 Å². The highest BCUT2D eigenvalue weighted by Gasteiger charge is 1.99. The highest BCUT2D eigenvalue weighted by Crippen LogP contribution is 2.01. The van der Waals surface area contributed by atoms with Crippen molar-refractivity contribution >= 4 is 5.97 Å². The van der Waals surface area contributed by atoms with E-state index in [0.717, 1.165) is 18.4 Å². The van der Waals surface area contributed by atoms with Crippen LogP contribution in [0.15, 0.2) is 11.6 Å². The molecule has 0 aliphatic carbocycles. The Morgan fingerprint density at radius 3 is 2.54 bits per heavy atom. The molecule has 0 unspecified atom stereocenters. The SMILES string of the molecule is CCC(C)=CC(=O)OCCC(C)C. The maximum absolute atomic E-state index is 11.1. The first-order valence-corrected chi connectivity index (χ1v) is 4.90. The van der Waals surface area contributed by atoms with Crippen LogP contribution in [0.5, 0.6) is 0 Å². The Hall–Kier alpha value is -0.790. The van der Waals surface area contributed by atoms with Crippen LogP contribution in [0.4, 0.5) is 0 Å². The van der Waals surface area contributed by atoms with Crippen LogP contribution >= 0.6 is 0 Å². The highest BCUT2D eigenvalue weighted by atomic mass is 16.5. The van der Waals surface area contributed by atoms with Gasteiger partial charge >= 0.3 is 5.97 Å². The maximum atomic E-state index is 11.1. The molecule has 0 heterocycles. The lowest BCUT2D eigenvalue weighted by Crippen LogP contribution is -2.05. The fourth-order valence-electron chi connectivity index (χ4n) is 0.740. The molecule has 13 heavy (non-hydrogen) atoms. The van der Waals surface area contributed by atoms with Crippen LogP contribution in [0.2, 0.25) is 0 Å². The molecule has 2 nitrogen and oxygen atoms in total. The molecule has 0 amide bonds. The van der Waals surface area contributed by atoms with E-state index in [9.17, 15) is 4.79 Å². The van der Waals surface area contributed by atoms with E-state index >= 15 is 0 Å². The molecule has 0 saturated heterocycles. The lowest BCUT2D eigenvalue weighted by atomic mass is 10.1. The first kappa shape index (κ1) is 12.2. The zero-order valence-corrected chi connectivity index (χ0v) is 9.09. The lowest BCUT2D eigenvalue weighted by molar-refractivity contribution is -0.138. The molecule has 0 aliphatic heterocycles. The summed E-state index contributed by atoms with van der Waals surface area (Å²) >= 11 is 0. The summed E-state index contributed by atoms with van der Waals surface area (Å²) < 4.78 is 5.01. The molecule has 0 radical (unpaired) electrons. The van der Waals surface area contributed by atoms with Crippen LogP contribution in [0.3, 0.4) is 0 Å². The van der Waals surface area contributed by atoms with Gasteiger partial charge in [0.1, 0.15) is 0 Å². The van der Waals surface area contributed by atoms with Crippen molar-refractivity contribution in [2.75, 3.05) is 6.61 Å². The third-order valence-corrected chi connectivity index (χ3v) is 1.86. The lowest BCUT2D eigenvalue weighted by Gasteiger charge is -2.04. The van der Waals surface area contributed by atoms with Crippen molar-refractivity contribution in [1.29, 1.82) is 0 Å². The molecule has 0 saturated carbocycles. The smallest absolute Gasteiger partial charge is 0.330 e. The predicted molar refractivity (Wildman–Crippen MR) is 54.5 cm³/mol. The minimum absolute atomic E-state index is 0.208. The summed E-state index contributed by atoms with van der Waals surface area (Å²) in [5, 5.41) is 0. The first-order chi connectivity index (χ1) is 6.06. The fraction of sp³-hybridized carbons (Fsp3) is 0.727. The van der Waals surface area contributed by atoms with E-state index in [1.54, 1.807) is 6.08 Å². The summed E-state index contributed by atoms with van der Waals surface area (Å²) in [5.41, 5.74) is 1.06. The monoisotopic (exact) mass is 184 g/mol. The van der Waals surface area contributed by atoms with E-state index in [1.165, 1.54) is 0 Å².